The van der Waals surface area contributed by atoms with Crippen molar-refractivity contribution >= 4 is 11.6 Å². The Hall–Kier alpha value is -2.37. The third-order valence-electron chi connectivity index (χ3n) is 4.09. The van der Waals surface area contributed by atoms with Crippen LogP contribution in [0.3, 0.4) is 0 Å². The third kappa shape index (κ3) is 3.70. The molecule has 23 heavy (non-hydrogen) atoms. The molecule has 0 aliphatic carbocycles. The van der Waals surface area contributed by atoms with E-state index in [1.807, 2.05) is 12.1 Å². The molecule has 1 heterocycles. The number of hydrogen-bond donors (Lipinski definition) is 2. The molecule has 1 fully saturated rings. The van der Waals surface area contributed by atoms with Crippen LogP contribution >= 0.6 is 0 Å². The van der Waals surface area contributed by atoms with Gasteiger partial charge in [0, 0.05) is 36.4 Å². The summed E-state index contributed by atoms with van der Waals surface area (Å²) < 4.78 is 5.38. The van der Waals surface area contributed by atoms with Crippen LogP contribution in [0.5, 0.6) is 0 Å². The Balaban J connectivity index is 1.87. The zero-order valence-corrected chi connectivity index (χ0v) is 13.0. The number of morpholine rings is 1. The number of nitrogen functional groups attached to an aromatic ring is 1. The highest BCUT2D eigenvalue weighted by Crippen LogP contribution is 2.28. The van der Waals surface area contributed by atoms with Gasteiger partial charge in [-0.3, -0.25) is 9.69 Å². The molecule has 3 rings (SSSR count). The minimum Gasteiger partial charge on any atom is -0.398 e. The molecule has 1 amide bonds. The number of nitrogens with zero attached hydrogens (tertiary/aromatic N) is 1. The summed E-state index contributed by atoms with van der Waals surface area (Å²) in [5, 5.41) is 0. The van der Waals surface area contributed by atoms with E-state index in [4.69, 9.17) is 16.2 Å². The van der Waals surface area contributed by atoms with Crippen molar-refractivity contribution in [1.82, 2.24) is 4.90 Å². The second-order valence-electron chi connectivity index (χ2n) is 5.76. The predicted octanol–water partition coefficient (Wildman–Crippen LogP) is 1.87. The van der Waals surface area contributed by atoms with Crippen molar-refractivity contribution in [1.29, 1.82) is 0 Å². The first-order chi connectivity index (χ1) is 11.1. The Morgan fingerprint density at radius 2 is 1.91 bits per heavy atom. The normalized spacial score (nSPS) is 15.5. The minimum atomic E-state index is -0.448. The Morgan fingerprint density at radius 3 is 2.65 bits per heavy atom. The summed E-state index contributed by atoms with van der Waals surface area (Å²) in [6.07, 6.45) is 0. The molecule has 2 aromatic carbocycles. The summed E-state index contributed by atoms with van der Waals surface area (Å²) in [7, 11) is 0. The molecule has 0 aromatic heterocycles. The molecule has 1 saturated heterocycles. The number of hydrogen-bond acceptors (Lipinski definition) is 4. The van der Waals surface area contributed by atoms with E-state index >= 15 is 0 Å². The van der Waals surface area contributed by atoms with E-state index < -0.39 is 5.91 Å². The fourth-order valence-corrected chi connectivity index (χ4v) is 2.81. The summed E-state index contributed by atoms with van der Waals surface area (Å²) >= 11 is 0. The molecule has 0 saturated carbocycles. The molecule has 0 spiro atoms. The zero-order chi connectivity index (χ0) is 16.2. The van der Waals surface area contributed by atoms with Crippen LogP contribution in [-0.4, -0.2) is 37.1 Å². The van der Waals surface area contributed by atoms with E-state index in [0.717, 1.165) is 44.0 Å². The van der Waals surface area contributed by atoms with Crippen LogP contribution in [0, 0.1) is 0 Å². The molecular weight excluding hydrogens is 290 g/mol. The van der Waals surface area contributed by atoms with Crippen LogP contribution in [0.2, 0.25) is 0 Å². The summed E-state index contributed by atoms with van der Waals surface area (Å²) in [5.41, 5.74) is 15.6. The lowest BCUT2D eigenvalue weighted by Crippen LogP contribution is -2.35. The monoisotopic (exact) mass is 311 g/mol. The van der Waals surface area contributed by atoms with Crippen LogP contribution in [0.25, 0.3) is 11.1 Å². The van der Waals surface area contributed by atoms with Gasteiger partial charge in [-0.05, 0) is 35.4 Å². The predicted molar refractivity (Wildman–Crippen MR) is 90.9 cm³/mol. The first-order valence-corrected chi connectivity index (χ1v) is 7.72. The molecule has 1 aliphatic heterocycles. The number of carbonyl (C=O) groups is 1. The Kier molecular flexibility index (Phi) is 4.60. The number of ether oxygens (including phenoxy) is 1. The van der Waals surface area contributed by atoms with E-state index in [1.54, 1.807) is 18.2 Å². The Labute approximate surface area is 135 Å². The molecule has 2 aromatic rings. The van der Waals surface area contributed by atoms with Gasteiger partial charge in [-0.2, -0.15) is 0 Å². The molecule has 1 aliphatic rings. The molecule has 5 heteroatoms. The quantitative estimate of drug-likeness (QED) is 0.845. The molecule has 5 nitrogen and oxygen atoms in total. The molecule has 120 valence electrons. The lowest BCUT2D eigenvalue weighted by molar-refractivity contribution is 0.0342. The van der Waals surface area contributed by atoms with Gasteiger partial charge in [-0.25, -0.2) is 0 Å². The van der Waals surface area contributed by atoms with Crippen molar-refractivity contribution in [3.05, 3.63) is 53.6 Å². The summed E-state index contributed by atoms with van der Waals surface area (Å²) in [6, 6.07) is 13.4. The van der Waals surface area contributed by atoms with Gasteiger partial charge in [0.2, 0.25) is 5.91 Å². The van der Waals surface area contributed by atoms with Crippen molar-refractivity contribution in [3.63, 3.8) is 0 Å². The molecule has 0 atom stereocenters. The van der Waals surface area contributed by atoms with Gasteiger partial charge in [0.1, 0.15) is 0 Å². The highest BCUT2D eigenvalue weighted by Gasteiger charge is 2.12. The van der Waals surface area contributed by atoms with E-state index in [1.165, 1.54) is 5.56 Å². The molecule has 0 unspecified atom stereocenters. The van der Waals surface area contributed by atoms with Crippen molar-refractivity contribution < 1.29 is 9.53 Å². The Morgan fingerprint density at radius 1 is 1.13 bits per heavy atom. The third-order valence-corrected chi connectivity index (χ3v) is 4.09. The molecule has 4 N–H and O–H groups in total. The van der Waals surface area contributed by atoms with Crippen molar-refractivity contribution in [2.45, 2.75) is 6.54 Å². The second-order valence-corrected chi connectivity index (χ2v) is 5.76. The van der Waals surface area contributed by atoms with E-state index in [9.17, 15) is 4.79 Å². The molecule has 0 bridgehead atoms. The standard InChI is InChI=1S/C18H21N3O2/c19-17-5-4-15(18(20)22)11-16(17)14-3-1-2-13(10-14)12-21-6-8-23-9-7-21/h1-5,10-11H,6-9,12,19H2,(H2,20,22). The maximum atomic E-state index is 11.4. The number of benzene rings is 2. The number of rotatable bonds is 4. The van der Waals surface area contributed by atoms with E-state index in [2.05, 4.69) is 17.0 Å². The fraction of sp³-hybridized carbons (Fsp3) is 0.278. The largest absolute Gasteiger partial charge is 0.398 e. The maximum Gasteiger partial charge on any atom is 0.248 e. The van der Waals surface area contributed by atoms with Gasteiger partial charge < -0.3 is 16.2 Å². The van der Waals surface area contributed by atoms with Crippen molar-refractivity contribution in [2.24, 2.45) is 5.73 Å². The zero-order valence-electron chi connectivity index (χ0n) is 13.0. The first kappa shape index (κ1) is 15.5. The van der Waals surface area contributed by atoms with Crippen LogP contribution in [-0.2, 0) is 11.3 Å². The highest BCUT2D eigenvalue weighted by atomic mass is 16.5. The lowest BCUT2D eigenvalue weighted by atomic mass is 9.99. The van der Waals surface area contributed by atoms with E-state index in [-0.39, 0.29) is 0 Å². The summed E-state index contributed by atoms with van der Waals surface area (Å²) in [4.78, 5) is 13.8. The van der Waals surface area contributed by atoms with Gasteiger partial charge in [0.05, 0.1) is 13.2 Å². The van der Waals surface area contributed by atoms with Gasteiger partial charge >= 0.3 is 0 Å². The van der Waals surface area contributed by atoms with E-state index in [0.29, 0.717) is 11.3 Å². The Bertz CT molecular complexity index is 709. The first-order valence-electron chi connectivity index (χ1n) is 7.72. The molecule has 0 radical (unpaired) electrons. The van der Waals surface area contributed by atoms with Gasteiger partial charge in [-0.1, -0.05) is 18.2 Å². The maximum absolute atomic E-state index is 11.4. The van der Waals surface area contributed by atoms with Crippen LogP contribution in [0.4, 0.5) is 5.69 Å². The minimum absolute atomic E-state index is 0.448. The molecular formula is C18H21N3O2. The van der Waals surface area contributed by atoms with Gasteiger partial charge in [-0.15, -0.1) is 0 Å². The second kappa shape index (κ2) is 6.81. The van der Waals surface area contributed by atoms with Crippen molar-refractivity contribution in [2.75, 3.05) is 32.0 Å². The van der Waals surface area contributed by atoms with Gasteiger partial charge in [0.25, 0.3) is 0 Å². The SMILES string of the molecule is NC(=O)c1ccc(N)c(-c2cccc(CN3CCOCC3)c2)c1. The number of amides is 1. The highest BCUT2D eigenvalue weighted by molar-refractivity contribution is 5.95. The smallest absolute Gasteiger partial charge is 0.248 e. The van der Waals surface area contributed by atoms with Crippen LogP contribution in [0.1, 0.15) is 15.9 Å². The summed E-state index contributed by atoms with van der Waals surface area (Å²) in [6.45, 7) is 4.35. The number of nitrogens with two attached hydrogens (primary N) is 2. The number of carbonyl (C=O) groups excluding carboxylic acids is 1. The number of primary amides is 1. The topological polar surface area (TPSA) is 81.6 Å². The summed E-state index contributed by atoms with van der Waals surface area (Å²) in [5.74, 6) is -0.448. The number of anilines is 1. The van der Waals surface area contributed by atoms with Crippen LogP contribution < -0.4 is 11.5 Å². The van der Waals surface area contributed by atoms with Crippen molar-refractivity contribution in [3.8, 4) is 11.1 Å². The lowest BCUT2D eigenvalue weighted by Gasteiger charge is -2.26. The van der Waals surface area contributed by atoms with Crippen LogP contribution in [0.15, 0.2) is 42.5 Å². The van der Waals surface area contributed by atoms with Gasteiger partial charge in [0.15, 0.2) is 0 Å². The average Bonchev–Trinajstić information content (AvgIpc) is 2.56. The fourth-order valence-electron chi connectivity index (χ4n) is 2.81. The average molecular weight is 311 g/mol.